The Labute approximate surface area is 120 Å². The highest BCUT2D eigenvalue weighted by molar-refractivity contribution is 6.22. The predicted molar refractivity (Wildman–Crippen MR) is 70.5 cm³/mol. The maximum absolute atomic E-state index is 12.8. The predicted octanol–water partition coefficient (Wildman–Crippen LogP) is 2.55. The fourth-order valence-electron chi connectivity index (χ4n) is 2.01. The lowest BCUT2D eigenvalue weighted by atomic mass is 10.2. The second kappa shape index (κ2) is 5.40. The van der Waals surface area contributed by atoms with Crippen molar-refractivity contribution in [1.29, 1.82) is 0 Å². The molecule has 0 spiro atoms. The summed E-state index contributed by atoms with van der Waals surface area (Å²) < 4.78 is 31.1. The Morgan fingerprint density at radius 2 is 2.40 bits per heavy atom. The van der Waals surface area contributed by atoms with Crippen LogP contribution in [0.3, 0.4) is 0 Å². The molecular formula is C12H14ClF2N3O2. The van der Waals surface area contributed by atoms with E-state index in [2.05, 4.69) is 4.98 Å². The molecule has 2 amide bonds. The van der Waals surface area contributed by atoms with Gasteiger partial charge in [0.05, 0.1) is 12.7 Å². The molecule has 0 aromatic carbocycles. The second-order valence-corrected chi connectivity index (χ2v) is 5.19. The van der Waals surface area contributed by atoms with Gasteiger partial charge in [0.25, 0.3) is 0 Å². The molecular weight excluding hydrogens is 292 g/mol. The van der Waals surface area contributed by atoms with Crippen molar-refractivity contribution >= 4 is 23.3 Å². The van der Waals surface area contributed by atoms with E-state index in [4.69, 9.17) is 16.3 Å². The number of ether oxygens (including phenoxy) is 1. The number of carbonyl (C=O) groups is 1. The highest BCUT2D eigenvalue weighted by atomic mass is 35.5. The fraction of sp³-hybridized carbons (Fsp3) is 0.500. The number of anilines is 1. The van der Waals surface area contributed by atoms with Crippen molar-refractivity contribution in [3.8, 4) is 5.75 Å². The quantitative estimate of drug-likeness (QED) is 0.789. The van der Waals surface area contributed by atoms with Crippen LogP contribution in [0.1, 0.15) is 6.92 Å². The van der Waals surface area contributed by atoms with Gasteiger partial charge < -0.3 is 9.64 Å². The largest absolute Gasteiger partial charge is 0.487 e. The van der Waals surface area contributed by atoms with Gasteiger partial charge >= 0.3 is 11.4 Å². The number of fused-ring (bicyclic) bond motifs is 1. The first-order valence-corrected chi connectivity index (χ1v) is 6.36. The van der Waals surface area contributed by atoms with Crippen LogP contribution in [-0.4, -0.2) is 47.5 Å². The van der Waals surface area contributed by atoms with Gasteiger partial charge in [-0.15, -0.1) is 0 Å². The average molecular weight is 306 g/mol. The molecule has 0 saturated carbocycles. The summed E-state index contributed by atoms with van der Waals surface area (Å²) >= 11 is 4.86. The molecule has 110 valence electrons. The van der Waals surface area contributed by atoms with Crippen molar-refractivity contribution in [2.24, 2.45) is 0 Å². The zero-order valence-electron chi connectivity index (χ0n) is 11.0. The van der Waals surface area contributed by atoms with Gasteiger partial charge in [-0.3, -0.25) is 9.88 Å². The molecule has 2 rings (SSSR count). The molecule has 0 fully saturated rings. The number of hydrogen-bond donors (Lipinski definition) is 0. The maximum Gasteiger partial charge on any atom is 0.338 e. The lowest BCUT2D eigenvalue weighted by Crippen LogP contribution is -2.49. The molecule has 1 unspecified atom stereocenters. The number of rotatable bonds is 2. The normalized spacial score (nSPS) is 18.2. The van der Waals surface area contributed by atoms with Gasteiger partial charge in [-0.25, -0.2) is 4.79 Å². The summed E-state index contributed by atoms with van der Waals surface area (Å²) in [7, 11) is 1.27. The monoisotopic (exact) mass is 305 g/mol. The van der Waals surface area contributed by atoms with Crippen LogP contribution >= 0.6 is 11.6 Å². The number of halogens is 3. The standard InChI is InChI=1S/C12H14ClF2N3O2/c1-8-6-18(9-5-16-4-3-10(9)20-8)11(19)17(2)7-12(13,14)15/h3-5,8H,6-7H2,1-2H3. The first kappa shape index (κ1) is 14.8. The summed E-state index contributed by atoms with van der Waals surface area (Å²) in [6, 6.07) is 1.05. The number of hydrogen-bond acceptors (Lipinski definition) is 3. The number of amides is 2. The van der Waals surface area contributed by atoms with Crippen LogP contribution in [0, 0.1) is 0 Å². The SMILES string of the molecule is CC1CN(C(=O)N(C)CC(F)(F)Cl)c2cnccc2O1. The van der Waals surface area contributed by atoms with E-state index in [0.29, 0.717) is 11.4 Å². The van der Waals surface area contributed by atoms with Gasteiger partial charge in [-0.2, -0.15) is 8.78 Å². The van der Waals surface area contributed by atoms with Crippen molar-refractivity contribution in [2.75, 3.05) is 25.0 Å². The molecule has 1 atom stereocenters. The number of urea groups is 1. The van der Waals surface area contributed by atoms with E-state index in [1.165, 1.54) is 24.3 Å². The second-order valence-electron chi connectivity index (χ2n) is 4.64. The third-order valence-electron chi connectivity index (χ3n) is 2.79. The Kier molecular flexibility index (Phi) is 3.99. The minimum absolute atomic E-state index is 0.237. The van der Waals surface area contributed by atoms with E-state index in [1.54, 1.807) is 13.0 Å². The summed E-state index contributed by atoms with van der Waals surface area (Å²) in [5, 5.41) is -3.46. The zero-order valence-corrected chi connectivity index (χ0v) is 11.8. The number of pyridine rings is 1. The summed E-state index contributed by atoms with van der Waals surface area (Å²) in [5.41, 5.74) is 0.459. The lowest BCUT2D eigenvalue weighted by Gasteiger charge is -2.35. The molecule has 20 heavy (non-hydrogen) atoms. The molecule has 5 nitrogen and oxygen atoms in total. The molecule has 1 aliphatic rings. The van der Waals surface area contributed by atoms with Gasteiger partial charge in [-0.1, -0.05) is 0 Å². The first-order chi connectivity index (χ1) is 9.28. The van der Waals surface area contributed by atoms with Crippen LogP contribution in [-0.2, 0) is 0 Å². The van der Waals surface area contributed by atoms with Crippen LogP contribution < -0.4 is 9.64 Å². The Morgan fingerprint density at radius 1 is 1.70 bits per heavy atom. The maximum atomic E-state index is 12.8. The van der Waals surface area contributed by atoms with Gasteiger partial charge in [-0.05, 0) is 18.5 Å². The Hall–Kier alpha value is -1.63. The molecule has 2 heterocycles. The van der Waals surface area contributed by atoms with E-state index in [1.807, 2.05) is 0 Å². The zero-order chi connectivity index (χ0) is 14.9. The number of nitrogens with zero attached hydrogens (tertiary/aromatic N) is 3. The van der Waals surface area contributed by atoms with E-state index in [0.717, 1.165) is 4.90 Å². The minimum Gasteiger partial charge on any atom is -0.487 e. The molecule has 0 bridgehead atoms. The third-order valence-corrected chi connectivity index (χ3v) is 2.91. The van der Waals surface area contributed by atoms with Crippen molar-refractivity contribution < 1.29 is 18.3 Å². The van der Waals surface area contributed by atoms with Crippen LogP contribution in [0.4, 0.5) is 19.3 Å². The van der Waals surface area contributed by atoms with Gasteiger partial charge in [0, 0.05) is 19.3 Å². The Bertz CT molecular complexity index is 510. The Morgan fingerprint density at radius 3 is 3.05 bits per heavy atom. The molecule has 8 heteroatoms. The third kappa shape index (κ3) is 3.27. The van der Waals surface area contributed by atoms with Crippen molar-refractivity contribution in [1.82, 2.24) is 9.88 Å². The van der Waals surface area contributed by atoms with Crippen molar-refractivity contribution in [3.63, 3.8) is 0 Å². The molecule has 0 aliphatic carbocycles. The van der Waals surface area contributed by atoms with Crippen LogP contribution in [0.5, 0.6) is 5.75 Å². The van der Waals surface area contributed by atoms with Crippen molar-refractivity contribution in [3.05, 3.63) is 18.5 Å². The molecule has 1 aromatic rings. The highest BCUT2D eigenvalue weighted by Crippen LogP contribution is 2.33. The molecule has 1 aromatic heterocycles. The van der Waals surface area contributed by atoms with Crippen LogP contribution in [0.25, 0.3) is 0 Å². The topological polar surface area (TPSA) is 45.7 Å². The summed E-state index contributed by atoms with van der Waals surface area (Å²) in [5.74, 6) is 0.498. The summed E-state index contributed by atoms with van der Waals surface area (Å²) in [6.07, 6.45) is 2.76. The molecule has 0 saturated heterocycles. The fourth-order valence-corrected chi connectivity index (χ4v) is 2.19. The summed E-state index contributed by atoms with van der Waals surface area (Å²) in [4.78, 5) is 18.4. The molecule has 1 aliphatic heterocycles. The first-order valence-electron chi connectivity index (χ1n) is 5.98. The van der Waals surface area contributed by atoms with Gasteiger partial charge in [0.2, 0.25) is 0 Å². The van der Waals surface area contributed by atoms with Crippen LogP contribution in [0.15, 0.2) is 18.5 Å². The van der Waals surface area contributed by atoms with Gasteiger partial charge in [0.15, 0.2) is 0 Å². The average Bonchev–Trinajstić information content (AvgIpc) is 2.34. The number of aromatic nitrogens is 1. The van der Waals surface area contributed by atoms with Crippen molar-refractivity contribution in [2.45, 2.75) is 18.4 Å². The van der Waals surface area contributed by atoms with E-state index >= 15 is 0 Å². The molecule has 0 N–H and O–H groups in total. The number of carbonyl (C=O) groups excluding carboxylic acids is 1. The minimum atomic E-state index is -3.46. The number of alkyl halides is 3. The smallest absolute Gasteiger partial charge is 0.338 e. The Balaban J connectivity index is 2.22. The van der Waals surface area contributed by atoms with E-state index < -0.39 is 18.0 Å². The summed E-state index contributed by atoms with van der Waals surface area (Å²) in [6.45, 7) is 1.18. The highest BCUT2D eigenvalue weighted by Gasteiger charge is 2.34. The van der Waals surface area contributed by atoms with Gasteiger partial charge in [0.1, 0.15) is 24.1 Å². The van der Waals surface area contributed by atoms with Crippen LogP contribution in [0.2, 0.25) is 0 Å². The lowest BCUT2D eigenvalue weighted by molar-refractivity contribution is 0.0660. The van der Waals surface area contributed by atoms with E-state index in [-0.39, 0.29) is 12.6 Å². The molecule has 0 radical (unpaired) electrons. The van der Waals surface area contributed by atoms with E-state index in [9.17, 15) is 13.6 Å².